The molecule has 0 saturated carbocycles. The Morgan fingerprint density at radius 3 is 2.45 bits per heavy atom. The molecule has 1 fully saturated rings. The molecule has 1 unspecified atom stereocenters. The van der Waals surface area contributed by atoms with E-state index in [1.165, 1.54) is 0 Å². The van der Waals surface area contributed by atoms with Crippen LogP contribution in [0.25, 0.3) is 0 Å². The Morgan fingerprint density at radius 2 is 2.00 bits per heavy atom. The smallest absolute Gasteiger partial charge is 0.180 e. The zero-order valence-electron chi connectivity index (χ0n) is 7.30. The average Bonchev–Trinajstić information content (AvgIpc) is 2.38. The van der Waals surface area contributed by atoms with Crippen LogP contribution in [0.5, 0.6) is 0 Å². The van der Waals surface area contributed by atoms with Crippen LogP contribution in [-0.2, 0) is 9.47 Å². The van der Waals surface area contributed by atoms with Gasteiger partial charge in [0, 0.05) is 0 Å². The van der Waals surface area contributed by atoms with Crippen molar-refractivity contribution in [1.82, 2.24) is 0 Å². The summed E-state index contributed by atoms with van der Waals surface area (Å²) in [6, 6.07) is 0.00926. The molecule has 1 rings (SSSR count). The van der Waals surface area contributed by atoms with E-state index in [2.05, 4.69) is 6.92 Å². The Balaban J connectivity index is 2.42. The molecule has 3 nitrogen and oxygen atoms in total. The minimum atomic E-state index is -0.518. The molecule has 11 heavy (non-hydrogen) atoms. The van der Waals surface area contributed by atoms with Gasteiger partial charge >= 0.3 is 0 Å². The second-order valence-electron chi connectivity index (χ2n) is 3.11. The Labute approximate surface area is 67.9 Å². The minimum Gasteiger partial charge on any atom is -0.346 e. The Bertz CT molecular complexity index is 121. The fraction of sp³-hybridized carbons (Fsp3) is 1.00. The Hall–Kier alpha value is -0.120. The van der Waals surface area contributed by atoms with E-state index in [1.54, 1.807) is 0 Å². The molecule has 2 N–H and O–H groups in total. The van der Waals surface area contributed by atoms with Crippen LogP contribution in [-0.4, -0.2) is 25.0 Å². The van der Waals surface area contributed by atoms with Crippen molar-refractivity contribution in [1.29, 1.82) is 0 Å². The first kappa shape index (κ1) is 8.97. The van der Waals surface area contributed by atoms with Gasteiger partial charge in [0.2, 0.25) is 0 Å². The maximum atomic E-state index is 5.87. The minimum absolute atomic E-state index is 0.00926. The zero-order chi connectivity index (χ0) is 8.32. The van der Waals surface area contributed by atoms with Crippen LogP contribution in [0.1, 0.15) is 26.7 Å². The first-order chi connectivity index (χ1) is 5.19. The molecule has 0 aromatic rings. The lowest BCUT2D eigenvalue weighted by Crippen LogP contribution is -2.46. The van der Waals surface area contributed by atoms with Gasteiger partial charge in [0.15, 0.2) is 5.79 Å². The van der Waals surface area contributed by atoms with E-state index < -0.39 is 5.79 Å². The van der Waals surface area contributed by atoms with Crippen LogP contribution in [0.4, 0.5) is 0 Å². The van der Waals surface area contributed by atoms with Gasteiger partial charge in [-0.1, -0.05) is 13.3 Å². The van der Waals surface area contributed by atoms with Crippen LogP contribution in [0.3, 0.4) is 0 Å². The first-order valence-corrected chi connectivity index (χ1v) is 4.22. The standard InChI is InChI=1S/C8H17NO2/c1-3-4-7(9)8(2)10-5-6-11-8/h7H,3-6,9H2,1-2H3. The molecule has 0 aromatic heterocycles. The zero-order valence-corrected chi connectivity index (χ0v) is 7.30. The molecule has 0 radical (unpaired) electrons. The third-order valence-corrected chi connectivity index (χ3v) is 2.13. The van der Waals surface area contributed by atoms with Gasteiger partial charge in [-0.15, -0.1) is 0 Å². The third kappa shape index (κ3) is 1.92. The normalized spacial score (nSPS) is 25.4. The summed E-state index contributed by atoms with van der Waals surface area (Å²) >= 11 is 0. The van der Waals surface area contributed by atoms with Gasteiger partial charge in [0.05, 0.1) is 19.3 Å². The molecule has 1 aliphatic heterocycles. The quantitative estimate of drug-likeness (QED) is 0.664. The largest absolute Gasteiger partial charge is 0.346 e. The van der Waals surface area contributed by atoms with Crippen molar-refractivity contribution in [2.75, 3.05) is 13.2 Å². The molecular weight excluding hydrogens is 142 g/mol. The summed E-state index contributed by atoms with van der Waals surface area (Å²) in [5.74, 6) is -0.518. The summed E-state index contributed by atoms with van der Waals surface area (Å²) in [7, 11) is 0. The van der Waals surface area contributed by atoms with E-state index in [0.717, 1.165) is 12.8 Å². The van der Waals surface area contributed by atoms with Crippen LogP contribution < -0.4 is 5.73 Å². The van der Waals surface area contributed by atoms with Crippen LogP contribution in [0.2, 0.25) is 0 Å². The van der Waals surface area contributed by atoms with E-state index in [0.29, 0.717) is 13.2 Å². The Kier molecular flexibility index (Phi) is 2.87. The van der Waals surface area contributed by atoms with Crippen LogP contribution in [0, 0.1) is 0 Å². The summed E-state index contributed by atoms with van der Waals surface area (Å²) < 4.78 is 10.8. The fourth-order valence-electron chi connectivity index (χ4n) is 1.32. The van der Waals surface area contributed by atoms with Crippen molar-refractivity contribution < 1.29 is 9.47 Å². The topological polar surface area (TPSA) is 44.5 Å². The molecule has 0 aliphatic carbocycles. The van der Waals surface area contributed by atoms with Crippen molar-refractivity contribution >= 4 is 0 Å². The number of ether oxygens (including phenoxy) is 2. The van der Waals surface area contributed by atoms with Crippen molar-refractivity contribution in [3.8, 4) is 0 Å². The van der Waals surface area contributed by atoms with Crippen molar-refractivity contribution in [2.45, 2.75) is 38.5 Å². The Morgan fingerprint density at radius 1 is 1.45 bits per heavy atom. The molecule has 1 atom stereocenters. The van der Waals surface area contributed by atoms with E-state index in [9.17, 15) is 0 Å². The monoisotopic (exact) mass is 159 g/mol. The maximum absolute atomic E-state index is 5.87. The predicted octanol–water partition coefficient (Wildman–Crippen LogP) is 0.877. The summed E-state index contributed by atoms with van der Waals surface area (Å²) in [6.07, 6.45) is 2.03. The molecule has 1 heterocycles. The van der Waals surface area contributed by atoms with E-state index in [4.69, 9.17) is 15.2 Å². The summed E-state index contributed by atoms with van der Waals surface area (Å²) in [5.41, 5.74) is 5.87. The second kappa shape index (κ2) is 3.52. The van der Waals surface area contributed by atoms with Gasteiger partial charge in [-0.25, -0.2) is 0 Å². The van der Waals surface area contributed by atoms with Gasteiger partial charge in [0.25, 0.3) is 0 Å². The molecule has 3 heteroatoms. The number of nitrogens with two attached hydrogens (primary N) is 1. The molecule has 1 aliphatic rings. The second-order valence-corrected chi connectivity index (χ2v) is 3.11. The fourth-order valence-corrected chi connectivity index (χ4v) is 1.32. The van der Waals surface area contributed by atoms with Gasteiger partial charge in [0.1, 0.15) is 0 Å². The highest BCUT2D eigenvalue weighted by Gasteiger charge is 2.36. The maximum Gasteiger partial charge on any atom is 0.180 e. The number of rotatable bonds is 3. The lowest BCUT2D eigenvalue weighted by atomic mass is 10.1. The van der Waals surface area contributed by atoms with Crippen molar-refractivity contribution in [3.05, 3.63) is 0 Å². The van der Waals surface area contributed by atoms with Gasteiger partial charge in [-0.05, 0) is 13.3 Å². The van der Waals surface area contributed by atoms with E-state index >= 15 is 0 Å². The van der Waals surface area contributed by atoms with E-state index in [-0.39, 0.29) is 6.04 Å². The van der Waals surface area contributed by atoms with Crippen molar-refractivity contribution in [2.24, 2.45) is 5.73 Å². The lowest BCUT2D eigenvalue weighted by Gasteiger charge is -2.28. The molecule has 1 saturated heterocycles. The van der Waals surface area contributed by atoms with E-state index in [1.807, 2.05) is 6.92 Å². The molecule has 0 amide bonds. The molecule has 66 valence electrons. The predicted molar refractivity (Wildman–Crippen MR) is 43.2 cm³/mol. The summed E-state index contributed by atoms with van der Waals surface area (Å²) in [5, 5.41) is 0. The third-order valence-electron chi connectivity index (χ3n) is 2.13. The van der Waals surface area contributed by atoms with Gasteiger partial charge in [-0.3, -0.25) is 0 Å². The van der Waals surface area contributed by atoms with Gasteiger partial charge in [-0.2, -0.15) is 0 Å². The molecule has 0 bridgehead atoms. The average molecular weight is 159 g/mol. The van der Waals surface area contributed by atoms with Crippen LogP contribution >= 0.6 is 0 Å². The molecule has 0 aromatic carbocycles. The van der Waals surface area contributed by atoms with Crippen LogP contribution in [0.15, 0.2) is 0 Å². The SMILES string of the molecule is CCCC(N)C1(C)OCCO1. The lowest BCUT2D eigenvalue weighted by molar-refractivity contribution is -0.158. The van der Waals surface area contributed by atoms with Crippen molar-refractivity contribution in [3.63, 3.8) is 0 Å². The first-order valence-electron chi connectivity index (χ1n) is 4.22. The summed E-state index contributed by atoms with van der Waals surface area (Å²) in [6.45, 7) is 5.38. The summed E-state index contributed by atoms with van der Waals surface area (Å²) in [4.78, 5) is 0. The highest BCUT2D eigenvalue weighted by Crippen LogP contribution is 2.23. The highest BCUT2D eigenvalue weighted by atomic mass is 16.7. The number of hydrogen-bond acceptors (Lipinski definition) is 3. The van der Waals surface area contributed by atoms with Gasteiger partial charge < -0.3 is 15.2 Å². The highest BCUT2D eigenvalue weighted by molar-refractivity contribution is 4.80. The molecular formula is C8H17NO2. The molecule has 0 spiro atoms. The number of hydrogen-bond donors (Lipinski definition) is 1.